The van der Waals surface area contributed by atoms with Gasteiger partial charge >= 0.3 is 0 Å². The van der Waals surface area contributed by atoms with E-state index in [4.69, 9.17) is 19.2 Å². The molecule has 7 heteroatoms. The number of fused-ring (bicyclic) bond motifs is 1. The molecular formula is C24H32IN3O3. The van der Waals surface area contributed by atoms with Crippen LogP contribution < -0.4 is 20.1 Å². The molecule has 2 N–H and O–H groups in total. The quantitative estimate of drug-likeness (QED) is 0.325. The maximum Gasteiger partial charge on any atom is 0.231 e. The summed E-state index contributed by atoms with van der Waals surface area (Å²) < 4.78 is 16.8. The Bertz CT molecular complexity index is 870. The Labute approximate surface area is 201 Å². The topological polar surface area (TPSA) is 64.1 Å². The molecule has 0 bridgehead atoms. The average Bonchev–Trinajstić information content (AvgIpc) is 3.27. The normalized spacial score (nSPS) is 18.1. The molecule has 2 aromatic rings. The zero-order chi connectivity index (χ0) is 20.8. The lowest BCUT2D eigenvalue weighted by Crippen LogP contribution is -2.42. The molecule has 4 rings (SSSR count). The third-order valence-electron chi connectivity index (χ3n) is 5.97. The summed E-state index contributed by atoms with van der Waals surface area (Å²) in [6, 6.07) is 16.9. The Morgan fingerprint density at radius 3 is 2.55 bits per heavy atom. The molecule has 31 heavy (non-hydrogen) atoms. The van der Waals surface area contributed by atoms with E-state index >= 15 is 0 Å². The van der Waals surface area contributed by atoms with Crippen LogP contribution in [0.5, 0.6) is 11.5 Å². The maximum absolute atomic E-state index is 5.68. The standard InChI is InChI=1S/C24H31N3O3.HI/c1-3-25-23(27-18(2)19-7-5-4-6-8-19)26-16-24(11-13-28-14-12-24)20-9-10-21-22(15-20)30-17-29-21;/h4-10,15,18H,3,11-14,16-17H2,1-2H3,(H2,25,26,27);1H. The SMILES string of the molecule is CCNC(=NCC1(c2ccc3c(c2)OCO3)CCOCC1)NC(C)c1ccccc1.I. The Balaban J connectivity index is 0.00000272. The second kappa shape index (κ2) is 11.0. The van der Waals surface area contributed by atoms with Crippen LogP contribution in [0.3, 0.4) is 0 Å². The molecule has 0 aliphatic carbocycles. The van der Waals surface area contributed by atoms with E-state index in [2.05, 4.69) is 60.9 Å². The zero-order valence-corrected chi connectivity index (χ0v) is 20.6. The Morgan fingerprint density at radius 1 is 1.06 bits per heavy atom. The molecule has 6 nitrogen and oxygen atoms in total. The molecule has 2 aromatic carbocycles. The lowest BCUT2D eigenvalue weighted by atomic mass is 9.74. The van der Waals surface area contributed by atoms with Gasteiger partial charge in [0.25, 0.3) is 0 Å². The van der Waals surface area contributed by atoms with E-state index in [1.807, 2.05) is 12.1 Å². The highest BCUT2D eigenvalue weighted by molar-refractivity contribution is 14.0. The fraction of sp³-hybridized carbons (Fsp3) is 0.458. The lowest BCUT2D eigenvalue weighted by molar-refractivity contribution is 0.0530. The molecule has 2 aliphatic rings. The van der Waals surface area contributed by atoms with Gasteiger partial charge in [0.15, 0.2) is 17.5 Å². The van der Waals surface area contributed by atoms with Crippen LogP contribution in [-0.2, 0) is 10.2 Å². The molecule has 0 spiro atoms. The summed E-state index contributed by atoms with van der Waals surface area (Å²) >= 11 is 0. The minimum atomic E-state index is -0.0719. The van der Waals surface area contributed by atoms with E-state index in [0.717, 1.165) is 50.1 Å². The van der Waals surface area contributed by atoms with Gasteiger partial charge in [0.2, 0.25) is 6.79 Å². The van der Waals surface area contributed by atoms with Gasteiger partial charge < -0.3 is 24.8 Å². The van der Waals surface area contributed by atoms with Crippen LogP contribution in [0.2, 0.25) is 0 Å². The van der Waals surface area contributed by atoms with Gasteiger partial charge in [0, 0.05) is 25.2 Å². The zero-order valence-electron chi connectivity index (χ0n) is 18.2. The van der Waals surface area contributed by atoms with Crippen molar-refractivity contribution in [1.29, 1.82) is 0 Å². The highest BCUT2D eigenvalue weighted by atomic mass is 127. The molecule has 0 aromatic heterocycles. The van der Waals surface area contributed by atoms with E-state index < -0.39 is 0 Å². The second-order valence-corrected chi connectivity index (χ2v) is 7.93. The minimum absolute atomic E-state index is 0. The first-order valence-electron chi connectivity index (χ1n) is 10.8. The van der Waals surface area contributed by atoms with E-state index in [1.165, 1.54) is 11.1 Å². The Hall–Kier alpha value is -2.00. The van der Waals surface area contributed by atoms with E-state index in [-0.39, 0.29) is 35.4 Å². The minimum Gasteiger partial charge on any atom is -0.454 e. The fourth-order valence-electron chi connectivity index (χ4n) is 4.11. The summed E-state index contributed by atoms with van der Waals surface area (Å²) in [6.45, 7) is 7.53. The van der Waals surface area contributed by atoms with Crippen LogP contribution in [0.25, 0.3) is 0 Å². The number of guanidine groups is 1. The van der Waals surface area contributed by atoms with Gasteiger partial charge in [0.1, 0.15) is 0 Å². The van der Waals surface area contributed by atoms with Gasteiger partial charge in [-0.15, -0.1) is 24.0 Å². The van der Waals surface area contributed by atoms with Crippen LogP contribution in [0.15, 0.2) is 53.5 Å². The third-order valence-corrected chi connectivity index (χ3v) is 5.97. The number of hydrogen-bond donors (Lipinski definition) is 2. The second-order valence-electron chi connectivity index (χ2n) is 7.93. The van der Waals surface area contributed by atoms with Crippen molar-refractivity contribution in [2.45, 2.75) is 38.1 Å². The molecule has 168 valence electrons. The van der Waals surface area contributed by atoms with Crippen LogP contribution in [-0.4, -0.2) is 39.1 Å². The summed E-state index contributed by atoms with van der Waals surface area (Å²) in [7, 11) is 0. The summed E-state index contributed by atoms with van der Waals surface area (Å²) in [5.74, 6) is 2.47. The predicted molar refractivity (Wildman–Crippen MR) is 134 cm³/mol. The van der Waals surface area contributed by atoms with E-state index in [0.29, 0.717) is 13.3 Å². The lowest BCUT2D eigenvalue weighted by Gasteiger charge is -2.37. The van der Waals surface area contributed by atoms with Crippen molar-refractivity contribution in [3.63, 3.8) is 0 Å². The molecule has 1 atom stereocenters. The van der Waals surface area contributed by atoms with Crippen molar-refractivity contribution >= 4 is 29.9 Å². The van der Waals surface area contributed by atoms with Crippen molar-refractivity contribution in [2.75, 3.05) is 33.1 Å². The molecule has 0 saturated carbocycles. The Kier molecular flexibility index (Phi) is 8.43. The van der Waals surface area contributed by atoms with Crippen molar-refractivity contribution in [3.05, 3.63) is 59.7 Å². The Morgan fingerprint density at radius 2 is 1.81 bits per heavy atom. The fourth-order valence-corrected chi connectivity index (χ4v) is 4.11. The molecule has 2 aliphatic heterocycles. The smallest absolute Gasteiger partial charge is 0.231 e. The summed E-state index contributed by atoms with van der Waals surface area (Å²) in [6.07, 6.45) is 1.87. The highest BCUT2D eigenvalue weighted by Gasteiger charge is 2.35. The molecule has 1 fully saturated rings. The first kappa shape index (κ1) is 23.7. The van der Waals surface area contributed by atoms with Crippen LogP contribution in [0.1, 0.15) is 43.9 Å². The summed E-state index contributed by atoms with van der Waals surface area (Å²) in [4.78, 5) is 5.01. The molecular weight excluding hydrogens is 505 g/mol. The molecule has 0 radical (unpaired) electrons. The van der Waals surface area contributed by atoms with Gasteiger partial charge in [-0.1, -0.05) is 36.4 Å². The van der Waals surface area contributed by atoms with E-state index in [9.17, 15) is 0 Å². The number of benzene rings is 2. The number of nitrogens with one attached hydrogen (secondary N) is 2. The number of ether oxygens (including phenoxy) is 3. The van der Waals surface area contributed by atoms with Crippen molar-refractivity contribution < 1.29 is 14.2 Å². The summed E-state index contributed by atoms with van der Waals surface area (Å²) in [5.41, 5.74) is 2.41. The number of rotatable bonds is 6. The average molecular weight is 537 g/mol. The van der Waals surface area contributed by atoms with Crippen molar-refractivity contribution in [1.82, 2.24) is 10.6 Å². The first-order chi connectivity index (χ1) is 14.7. The van der Waals surface area contributed by atoms with Crippen LogP contribution >= 0.6 is 24.0 Å². The van der Waals surface area contributed by atoms with Crippen LogP contribution in [0, 0.1) is 0 Å². The number of halogens is 1. The summed E-state index contributed by atoms with van der Waals surface area (Å²) in [5, 5.41) is 6.94. The van der Waals surface area contributed by atoms with Gasteiger partial charge in [-0.3, -0.25) is 4.99 Å². The number of aliphatic imine (C=N–C) groups is 1. The van der Waals surface area contributed by atoms with Crippen molar-refractivity contribution in [3.8, 4) is 11.5 Å². The predicted octanol–water partition coefficient (Wildman–Crippen LogP) is 4.40. The molecule has 1 saturated heterocycles. The van der Waals surface area contributed by atoms with Gasteiger partial charge in [-0.25, -0.2) is 0 Å². The molecule has 0 amide bonds. The number of nitrogens with zero attached hydrogens (tertiary/aromatic N) is 1. The third kappa shape index (κ3) is 5.63. The van der Waals surface area contributed by atoms with Gasteiger partial charge in [-0.05, 0) is 49.9 Å². The maximum atomic E-state index is 5.68. The number of hydrogen-bond acceptors (Lipinski definition) is 4. The highest BCUT2D eigenvalue weighted by Crippen LogP contribution is 2.41. The van der Waals surface area contributed by atoms with Crippen LogP contribution in [0.4, 0.5) is 0 Å². The largest absolute Gasteiger partial charge is 0.454 e. The van der Waals surface area contributed by atoms with Gasteiger partial charge in [0.05, 0.1) is 12.6 Å². The van der Waals surface area contributed by atoms with Crippen molar-refractivity contribution in [2.24, 2.45) is 4.99 Å². The van der Waals surface area contributed by atoms with Gasteiger partial charge in [-0.2, -0.15) is 0 Å². The van der Waals surface area contributed by atoms with E-state index in [1.54, 1.807) is 0 Å². The molecule has 2 heterocycles. The first-order valence-corrected chi connectivity index (χ1v) is 10.8. The monoisotopic (exact) mass is 537 g/mol. The molecule has 1 unspecified atom stereocenters.